The maximum Gasteiger partial charge on any atom is 0.225 e. The van der Waals surface area contributed by atoms with E-state index in [1.54, 1.807) is 12.4 Å². The highest BCUT2D eigenvalue weighted by Gasteiger charge is 2.07. The maximum atomic E-state index is 11.1. The standard InChI is InChI=1S/C19H20N6O/c1-3-21-19-24-17(14-5-4-10-20-12-14)11-18(25-19)23-16-8-6-15(7-9-16)22-13(2)26/h4-12H,3H2,1-2H3,(H,22,26)(H2,21,23,24,25). The van der Waals surface area contributed by atoms with Gasteiger partial charge in [0.15, 0.2) is 0 Å². The van der Waals surface area contributed by atoms with Crippen LogP contribution in [-0.4, -0.2) is 27.4 Å². The number of anilines is 4. The van der Waals surface area contributed by atoms with Gasteiger partial charge in [-0.2, -0.15) is 4.98 Å². The van der Waals surface area contributed by atoms with E-state index < -0.39 is 0 Å². The van der Waals surface area contributed by atoms with Crippen molar-refractivity contribution in [2.75, 3.05) is 22.5 Å². The Morgan fingerprint density at radius 2 is 1.85 bits per heavy atom. The van der Waals surface area contributed by atoms with Crippen molar-refractivity contribution in [1.82, 2.24) is 15.0 Å². The number of rotatable bonds is 6. The molecule has 1 aromatic carbocycles. The third-order valence-electron chi connectivity index (χ3n) is 3.50. The smallest absolute Gasteiger partial charge is 0.225 e. The topological polar surface area (TPSA) is 91.8 Å². The van der Waals surface area contributed by atoms with Crippen molar-refractivity contribution < 1.29 is 4.79 Å². The second kappa shape index (κ2) is 8.06. The van der Waals surface area contributed by atoms with Crippen LogP contribution in [0.1, 0.15) is 13.8 Å². The zero-order valence-electron chi connectivity index (χ0n) is 14.7. The van der Waals surface area contributed by atoms with Gasteiger partial charge in [0.2, 0.25) is 11.9 Å². The van der Waals surface area contributed by atoms with Crippen LogP contribution in [0.3, 0.4) is 0 Å². The Kier molecular flexibility index (Phi) is 5.38. The van der Waals surface area contributed by atoms with Crippen LogP contribution in [0, 0.1) is 0 Å². The third-order valence-corrected chi connectivity index (χ3v) is 3.50. The minimum Gasteiger partial charge on any atom is -0.354 e. The highest BCUT2D eigenvalue weighted by atomic mass is 16.1. The van der Waals surface area contributed by atoms with Crippen molar-refractivity contribution in [3.8, 4) is 11.3 Å². The summed E-state index contributed by atoms with van der Waals surface area (Å²) in [6.45, 7) is 4.20. The number of pyridine rings is 1. The molecule has 7 nitrogen and oxygen atoms in total. The van der Waals surface area contributed by atoms with Crippen LogP contribution < -0.4 is 16.0 Å². The summed E-state index contributed by atoms with van der Waals surface area (Å²) in [4.78, 5) is 24.3. The lowest BCUT2D eigenvalue weighted by Crippen LogP contribution is -2.06. The predicted octanol–water partition coefficient (Wildman–Crippen LogP) is 3.67. The lowest BCUT2D eigenvalue weighted by Gasteiger charge is -2.11. The van der Waals surface area contributed by atoms with Crippen LogP contribution >= 0.6 is 0 Å². The Bertz CT molecular complexity index is 880. The summed E-state index contributed by atoms with van der Waals surface area (Å²) in [5.41, 5.74) is 3.30. The summed E-state index contributed by atoms with van der Waals surface area (Å²) in [6, 6.07) is 13.1. The number of carbonyl (C=O) groups is 1. The fourth-order valence-electron chi connectivity index (χ4n) is 2.40. The largest absolute Gasteiger partial charge is 0.354 e. The molecule has 1 amide bonds. The van der Waals surface area contributed by atoms with Gasteiger partial charge >= 0.3 is 0 Å². The minimum atomic E-state index is -0.0992. The van der Waals surface area contributed by atoms with E-state index in [0.717, 1.165) is 29.2 Å². The monoisotopic (exact) mass is 348 g/mol. The molecule has 0 aliphatic carbocycles. The Balaban J connectivity index is 1.86. The van der Waals surface area contributed by atoms with Crippen molar-refractivity contribution >= 4 is 29.0 Å². The van der Waals surface area contributed by atoms with Crippen LogP contribution in [0.25, 0.3) is 11.3 Å². The molecule has 2 heterocycles. The number of hydrogen-bond donors (Lipinski definition) is 3. The number of aromatic nitrogens is 3. The number of carbonyl (C=O) groups excluding carboxylic acids is 1. The van der Waals surface area contributed by atoms with Gasteiger partial charge in [0.25, 0.3) is 0 Å². The Labute approximate surface area is 151 Å². The fourth-order valence-corrected chi connectivity index (χ4v) is 2.40. The number of nitrogens with one attached hydrogen (secondary N) is 3. The molecule has 26 heavy (non-hydrogen) atoms. The quantitative estimate of drug-likeness (QED) is 0.629. The van der Waals surface area contributed by atoms with E-state index in [1.807, 2.05) is 49.4 Å². The summed E-state index contributed by atoms with van der Waals surface area (Å²) in [7, 11) is 0. The van der Waals surface area contributed by atoms with Crippen molar-refractivity contribution in [3.05, 3.63) is 54.9 Å². The molecule has 0 saturated carbocycles. The molecule has 0 bridgehead atoms. The second-order valence-electron chi connectivity index (χ2n) is 5.62. The molecule has 7 heteroatoms. The first kappa shape index (κ1) is 17.3. The summed E-state index contributed by atoms with van der Waals surface area (Å²) in [5, 5.41) is 9.16. The van der Waals surface area contributed by atoms with Crippen LogP contribution in [0.5, 0.6) is 0 Å². The van der Waals surface area contributed by atoms with Crippen LogP contribution in [0.2, 0.25) is 0 Å². The first-order valence-corrected chi connectivity index (χ1v) is 8.32. The van der Waals surface area contributed by atoms with Gasteiger partial charge < -0.3 is 16.0 Å². The highest BCUT2D eigenvalue weighted by Crippen LogP contribution is 2.23. The maximum absolute atomic E-state index is 11.1. The molecule has 0 unspecified atom stereocenters. The summed E-state index contributed by atoms with van der Waals surface area (Å²) >= 11 is 0. The molecule has 0 saturated heterocycles. The number of benzene rings is 1. The average molecular weight is 348 g/mol. The molecule has 0 fully saturated rings. The van der Waals surface area contributed by atoms with Gasteiger partial charge in [-0.15, -0.1) is 0 Å². The van der Waals surface area contributed by atoms with Crippen LogP contribution in [0.15, 0.2) is 54.9 Å². The first-order valence-electron chi connectivity index (χ1n) is 8.32. The van der Waals surface area contributed by atoms with Gasteiger partial charge in [-0.05, 0) is 43.3 Å². The molecule has 132 valence electrons. The Hall–Kier alpha value is -3.48. The fraction of sp³-hybridized carbons (Fsp3) is 0.158. The van der Waals surface area contributed by atoms with E-state index in [-0.39, 0.29) is 5.91 Å². The van der Waals surface area contributed by atoms with Crippen molar-refractivity contribution in [2.45, 2.75) is 13.8 Å². The summed E-state index contributed by atoms with van der Waals surface area (Å²) in [5.74, 6) is 1.12. The van der Waals surface area contributed by atoms with E-state index in [4.69, 9.17) is 0 Å². The van der Waals surface area contributed by atoms with Gasteiger partial charge in [0, 0.05) is 48.9 Å². The van der Waals surface area contributed by atoms with E-state index in [1.165, 1.54) is 6.92 Å². The first-order chi connectivity index (χ1) is 12.6. The van der Waals surface area contributed by atoms with E-state index in [0.29, 0.717) is 11.8 Å². The highest BCUT2D eigenvalue weighted by molar-refractivity contribution is 5.88. The summed E-state index contributed by atoms with van der Waals surface area (Å²) in [6.07, 6.45) is 3.50. The number of amides is 1. The van der Waals surface area contributed by atoms with E-state index in [9.17, 15) is 4.79 Å². The molecular weight excluding hydrogens is 328 g/mol. The second-order valence-corrected chi connectivity index (χ2v) is 5.62. The van der Waals surface area contributed by atoms with Crippen molar-refractivity contribution in [2.24, 2.45) is 0 Å². The van der Waals surface area contributed by atoms with Crippen molar-refractivity contribution in [3.63, 3.8) is 0 Å². The predicted molar refractivity (Wildman–Crippen MR) is 103 cm³/mol. The Morgan fingerprint density at radius 1 is 1.08 bits per heavy atom. The Morgan fingerprint density at radius 3 is 2.50 bits per heavy atom. The third kappa shape index (κ3) is 4.54. The molecular formula is C19H20N6O. The van der Waals surface area contributed by atoms with Gasteiger partial charge in [-0.25, -0.2) is 4.98 Å². The molecule has 2 aromatic heterocycles. The molecule has 3 rings (SSSR count). The molecule has 0 aliphatic heterocycles. The SMILES string of the molecule is CCNc1nc(Nc2ccc(NC(C)=O)cc2)cc(-c2cccnc2)n1. The molecule has 0 radical (unpaired) electrons. The minimum absolute atomic E-state index is 0.0992. The lowest BCUT2D eigenvalue weighted by molar-refractivity contribution is -0.114. The molecule has 3 N–H and O–H groups in total. The van der Waals surface area contributed by atoms with Crippen LogP contribution in [0.4, 0.5) is 23.1 Å². The lowest BCUT2D eigenvalue weighted by atomic mass is 10.2. The average Bonchev–Trinajstić information content (AvgIpc) is 2.64. The van der Waals surface area contributed by atoms with Crippen LogP contribution in [-0.2, 0) is 4.79 Å². The zero-order chi connectivity index (χ0) is 18.4. The molecule has 0 spiro atoms. The van der Waals surface area contributed by atoms with Crippen molar-refractivity contribution in [1.29, 1.82) is 0 Å². The number of hydrogen-bond acceptors (Lipinski definition) is 6. The van der Waals surface area contributed by atoms with Gasteiger partial charge in [0.05, 0.1) is 5.69 Å². The van der Waals surface area contributed by atoms with E-state index >= 15 is 0 Å². The molecule has 3 aromatic rings. The van der Waals surface area contributed by atoms with Gasteiger partial charge in [-0.3, -0.25) is 9.78 Å². The zero-order valence-corrected chi connectivity index (χ0v) is 14.7. The van der Waals surface area contributed by atoms with Gasteiger partial charge in [0.1, 0.15) is 5.82 Å². The normalized spacial score (nSPS) is 10.2. The summed E-state index contributed by atoms with van der Waals surface area (Å²) < 4.78 is 0. The molecule has 0 aliphatic rings. The molecule has 0 atom stereocenters. The number of nitrogens with zero attached hydrogens (tertiary/aromatic N) is 3. The van der Waals surface area contributed by atoms with E-state index in [2.05, 4.69) is 30.9 Å². The van der Waals surface area contributed by atoms with Gasteiger partial charge in [-0.1, -0.05) is 0 Å².